The normalized spacial score (nSPS) is 9.90. The molecule has 0 unspecified atom stereocenters. The van der Waals surface area contributed by atoms with Crippen molar-refractivity contribution >= 4 is 17.5 Å². The van der Waals surface area contributed by atoms with Crippen LogP contribution in [-0.2, 0) is 6.61 Å². The van der Waals surface area contributed by atoms with Crippen LogP contribution in [0.1, 0.15) is 26.3 Å². The first-order valence-corrected chi connectivity index (χ1v) is 8.91. The van der Waals surface area contributed by atoms with Gasteiger partial charge in [-0.2, -0.15) is 0 Å². The minimum atomic E-state index is -0.354. The third-order valence-corrected chi connectivity index (χ3v) is 4.00. The van der Waals surface area contributed by atoms with Gasteiger partial charge in [0, 0.05) is 23.5 Å². The second kappa shape index (κ2) is 9.72. The summed E-state index contributed by atoms with van der Waals surface area (Å²) in [4.78, 5) is 29.0. The van der Waals surface area contributed by atoms with E-state index in [2.05, 4.69) is 21.5 Å². The molecule has 0 aliphatic carbocycles. The Morgan fingerprint density at radius 3 is 2.69 bits per heavy atom. The molecule has 29 heavy (non-hydrogen) atoms. The van der Waals surface area contributed by atoms with Crippen LogP contribution in [0.4, 0.5) is 5.69 Å². The maximum Gasteiger partial charge on any atom is 0.255 e. The van der Waals surface area contributed by atoms with Crippen molar-refractivity contribution < 1.29 is 14.3 Å². The third-order valence-electron chi connectivity index (χ3n) is 4.00. The maximum atomic E-state index is 12.7. The summed E-state index contributed by atoms with van der Waals surface area (Å²) < 4.78 is 5.74. The van der Waals surface area contributed by atoms with Gasteiger partial charge in [0.05, 0.1) is 17.8 Å². The molecule has 0 aliphatic rings. The fraction of sp³-hybridized carbons (Fsp3) is 0.0870. The summed E-state index contributed by atoms with van der Waals surface area (Å²) in [5, 5.41) is 5.36. The summed E-state index contributed by atoms with van der Waals surface area (Å²) >= 11 is 0. The van der Waals surface area contributed by atoms with Gasteiger partial charge in [0.2, 0.25) is 0 Å². The van der Waals surface area contributed by atoms with Gasteiger partial charge >= 0.3 is 0 Å². The molecule has 144 valence electrons. The highest BCUT2D eigenvalue weighted by molar-refractivity contribution is 6.09. The van der Waals surface area contributed by atoms with E-state index in [1.807, 2.05) is 12.1 Å². The van der Waals surface area contributed by atoms with Gasteiger partial charge in [0.25, 0.3) is 11.8 Å². The molecule has 0 radical (unpaired) electrons. The maximum absolute atomic E-state index is 12.7. The second-order valence-electron chi connectivity index (χ2n) is 6.06. The first-order chi connectivity index (χ1) is 14.2. The number of para-hydroxylation sites is 1. The third kappa shape index (κ3) is 5.44. The minimum absolute atomic E-state index is 0.109. The first kappa shape index (κ1) is 19.6. The van der Waals surface area contributed by atoms with Crippen molar-refractivity contribution in [3.63, 3.8) is 0 Å². The van der Waals surface area contributed by atoms with Gasteiger partial charge in [-0.05, 0) is 36.4 Å². The fourth-order valence-electron chi connectivity index (χ4n) is 2.59. The summed E-state index contributed by atoms with van der Waals surface area (Å²) in [5.74, 6) is 2.20. The fourth-order valence-corrected chi connectivity index (χ4v) is 2.59. The van der Waals surface area contributed by atoms with E-state index < -0.39 is 0 Å². The zero-order chi connectivity index (χ0) is 20.5. The van der Waals surface area contributed by atoms with E-state index in [1.165, 1.54) is 0 Å². The molecule has 0 spiro atoms. The summed E-state index contributed by atoms with van der Waals surface area (Å²) in [7, 11) is 0. The second-order valence-corrected chi connectivity index (χ2v) is 6.06. The van der Waals surface area contributed by atoms with Gasteiger partial charge < -0.3 is 15.4 Å². The molecule has 3 aromatic rings. The lowest BCUT2D eigenvalue weighted by Crippen LogP contribution is -2.25. The number of terminal acetylenes is 1. The molecule has 1 aromatic heterocycles. The number of aromatic nitrogens is 1. The quantitative estimate of drug-likeness (QED) is 0.612. The number of hydrogen-bond acceptors (Lipinski definition) is 4. The van der Waals surface area contributed by atoms with Gasteiger partial charge in [-0.3, -0.25) is 14.6 Å². The average molecular weight is 385 g/mol. The largest absolute Gasteiger partial charge is 0.489 e. The highest BCUT2D eigenvalue weighted by Gasteiger charge is 2.14. The highest BCUT2D eigenvalue weighted by atomic mass is 16.5. The number of benzene rings is 2. The highest BCUT2D eigenvalue weighted by Crippen LogP contribution is 2.19. The number of carbonyl (C=O) groups is 2. The Bertz CT molecular complexity index is 1040. The molecule has 2 N–H and O–H groups in total. The lowest BCUT2D eigenvalue weighted by molar-refractivity contribution is 0.0959. The zero-order valence-corrected chi connectivity index (χ0v) is 15.6. The number of ether oxygens (including phenoxy) is 1. The lowest BCUT2D eigenvalue weighted by atomic mass is 10.1. The SMILES string of the molecule is C#CCNC(=O)c1ccccc1NC(=O)c1cccc(OCc2cccnc2)c1. The number of amides is 2. The molecule has 0 saturated carbocycles. The van der Waals surface area contributed by atoms with Crippen LogP contribution in [0, 0.1) is 12.3 Å². The van der Waals surface area contributed by atoms with Crippen molar-refractivity contribution in [3.05, 3.63) is 89.7 Å². The van der Waals surface area contributed by atoms with E-state index in [9.17, 15) is 9.59 Å². The van der Waals surface area contributed by atoms with Crippen molar-refractivity contribution in [3.8, 4) is 18.1 Å². The number of nitrogens with one attached hydrogen (secondary N) is 2. The topological polar surface area (TPSA) is 80.3 Å². The van der Waals surface area contributed by atoms with Crippen LogP contribution >= 0.6 is 0 Å². The Labute approximate surface area is 168 Å². The monoisotopic (exact) mass is 385 g/mol. The Balaban J connectivity index is 1.70. The van der Waals surface area contributed by atoms with Crippen LogP contribution in [0.25, 0.3) is 0 Å². The first-order valence-electron chi connectivity index (χ1n) is 8.91. The van der Waals surface area contributed by atoms with Crippen LogP contribution in [-0.4, -0.2) is 23.3 Å². The lowest BCUT2D eigenvalue weighted by Gasteiger charge is -2.12. The average Bonchev–Trinajstić information content (AvgIpc) is 2.77. The summed E-state index contributed by atoms with van der Waals surface area (Å²) in [6.07, 6.45) is 8.59. The number of rotatable bonds is 7. The van der Waals surface area contributed by atoms with Gasteiger partial charge in [-0.1, -0.05) is 30.2 Å². The predicted octanol–water partition coefficient (Wildman–Crippen LogP) is 3.28. The van der Waals surface area contributed by atoms with Gasteiger partial charge in [-0.25, -0.2) is 0 Å². The molecular formula is C23H19N3O3. The van der Waals surface area contributed by atoms with E-state index >= 15 is 0 Å². The molecule has 2 amide bonds. The standard InChI is InChI=1S/C23H19N3O3/c1-2-12-25-23(28)20-10-3-4-11-21(20)26-22(27)18-8-5-9-19(14-18)29-16-17-7-6-13-24-15-17/h1,3-11,13-15H,12,16H2,(H,25,28)(H,26,27). The number of hydrogen-bond donors (Lipinski definition) is 2. The number of carbonyl (C=O) groups excluding carboxylic acids is 2. The molecule has 6 nitrogen and oxygen atoms in total. The summed E-state index contributed by atoms with van der Waals surface area (Å²) in [6.45, 7) is 0.453. The van der Waals surface area contributed by atoms with E-state index in [-0.39, 0.29) is 18.4 Å². The number of pyridine rings is 1. The smallest absolute Gasteiger partial charge is 0.255 e. The molecule has 0 fully saturated rings. The Hall–Kier alpha value is -4.11. The van der Waals surface area contributed by atoms with E-state index in [1.54, 1.807) is 60.9 Å². The molecule has 2 aromatic carbocycles. The molecule has 0 atom stereocenters. The molecule has 0 bridgehead atoms. The number of anilines is 1. The molecule has 1 heterocycles. The van der Waals surface area contributed by atoms with Crippen molar-refractivity contribution in [1.29, 1.82) is 0 Å². The number of nitrogens with zero attached hydrogens (tertiary/aromatic N) is 1. The Morgan fingerprint density at radius 1 is 1.03 bits per heavy atom. The van der Waals surface area contributed by atoms with Crippen LogP contribution in [0.2, 0.25) is 0 Å². The van der Waals surface area contributed by atoms with Crippen LogP contribution < -0.4 is 15.4 Å². The molecule has 3 rings (SSSR count). The Kier molecular flexibility index (Phi) is 6.58. The van der Waals surface area contributed by atoms with Crippen LogP contribution in [0.3, 0.4) is 0 Å². The minimum Gasteiger partial charge on any atom is -0.489 e. The molecule has 6 heteroatoms. The van der Waals surface area contributed by atoms with Gasteiger partial charge in [0.1, 0.15) is 12.4 Å². The van der Waals surface area contributed by atoms with E-state index in [0.29, 0.717) is 29.2 Å². The van der Waals surface area contributed by atoms with Crippen molar-refractivity contribution in [2.45, 2.75) is 6.61 Å². The van der Waals surface area contributed by atoms with Crippen LogP contribution in [0.15, 0.2) is 73.1 Å². The van der Waals surface area contributed by atoms with E-state index in [4.69, 9.17) is 11.2 Å². The molecule has 0 saturated heterocycles. The molecule has 0 aliphatic heterocycles. The Morgan fingerprint density at radius 2 is 1.90 bits per heavy atom. The zero-order valence-electron chi connectivity index (χ0n) is 15.6. The van der Waals surface area contributed by atoms with Crippen molar-refractivity contribution in [2.24, 2.45) is 0 Å². The predicted molar refractivity (Wildman–Crippen MR) is 111 cm³/mol. The summed E-state index contributed by atoms with van der Waals surface area (Å²) in [5.41, 5.74) is 2.07. The van der Waals surface area contributed by atoms with Crippen molar-refractivity contribution in [1.82, 2.24) is 10.3 Å². The van der Waals surface area contributed by atoms with Crippen LogP contribution in [0.5, 0.6) is 5.75 Å². The van der Waals surface area contributed by atoms with Gasteiger partial charge in [-0.15, -0.1) is 6.42 Å². The molecular weight excluding hydrogens is 366 g/mol. The van der Waals surface area contributed by atoms with Crippen molar-refractivity contribution in [2.75, 3.05) is 11.9 Å². The summed E-state index contributed by atoms with van der Waals surface area (Å²) in [6, 6.07) is 17.3. The van der Waals surface area contributed by atoms with Gasteiger partial charge in [0.15, 0.2) is 0 Å². The van der Waals surface area contributed by atoms with E-state index in [0.717, 1.165) is 5.56 Å².